The molecule has 24 heavy (non-hydrogen) atoms. The largest absolute Gasteiger partial charge is 0.394 e. The molecule has 1 aromatic rings. The predicted octanol–water partition coefficient (Wildman–Crippen LogP) is 0.957. The molecule has 0 aliphatic heterocycles. The van der Waals surface area contributed by atoms with Gasteiger partial charge in [0.25, 0.3) is 5.91 Å². The Labute approximate surface area is 141 Å². The second-order valence-corrected chi connectivity index (χ2v) is 7.79. The molecule has 0 aromatic carbocycles. The Bertz CT molecular complexity index is 676. The van der Waals surface area contributed by atoms with Crippen molar-refractivity contribution in [1.29, 1.82) is 0 Å². The van der Waals surface area contributed by atoms with Crippen LogP contribution < -0.4 is 22.1 Å². The third kappa shape index (κ3) is 2.30. The van der Waals surface area contributed by atoms with Crippen LogP contribution in [0.3, 0.4) is 0 Å². The zero-order chi connectivity index (χ0) is 17.1. The molecular formula is C17H25N5O2. The van der Waals surface area contributed by atoms with Gasteiger partial charge in [-0.3, -0.25) is 4.79 Å². The van der Waals surface area contributed by atoms with E-state index in [1.54, 1.807) is 7.05 Å². The third-order valence-corrected chi connectivity index (χ3v) is 6.17. The van der Waals surface area contributed by atoms with Crippen molar-refractivity contribution < 1.29 is 9.90 Å². The summed E-state index contributed by atoms with van der Waals surface area (Å²) in [7, 11) is 1.58. The van der Waals surface area contributed by atoms with Crippen LogP contribution in [0.15, 0.2) is 6.20 Å². The number of aliphatic hydroxyl groups is 1. The van der Waals surface area contributed by atoms with Gasteiger partial charge in [0.15, 0.2) is 0 Å². The van der Waals surface area contributed by atoms with Crippen molar-refractivity contribution in [1.82, 2.24) is 10.3 Å². The van der Waals surface area contributed by atoms with Gasteiger partial charge in [0.1, 0.15) is 5.82 Å². The second-order valence-electron chi connectivity index (χ2n) is 7.79. The minimum absolute atomic E-state index is 0.217. The highest BCUT2D eigenvalue weighted by Crippen LogP contribution is 2.56. The summed E-state index contributed by atoms with van der Waals surface area (Å²) >= 11 is 0. The van der Waals surface area contributed by atoms with E-state index in [4.69, 9.17) is 11.5 Å². The number of carbonyl (C=O) groups excluding carboxylic acids is 1. The molecule has 7 nitrogen and oxygen atoms in total. The second kappa shape index (κ2) is 5.24. The van der Waals surface area contributed by atoms with E-state index in [2.05, 4.69) is 15.6 Å². The van der Waals surface area contributed by atoms with Gasteiger partial charge in [0.05, 0.1) is 22.5 Å². The Morgan fingerprint density at radius 3 is 2.54 bits per heavy atom. The van der Waals surface area contributed by atoms with Gasteiger partial charge < -0.3 is 27.2 Å². The first kappa shape index (κ1) is 15.5. The van der Waals surface area contributed by atoms with Gasteiger partial charge in [-0.2, -0.15) is 0 Å². The van der Waals surface area contributed by atoms with Crippen LogP contribution in [0.25, 0.3) is 0 Å². The first-order chi connectivity index (χ1) is 11.4. The average Bonchev–Trinajstić information content (AvgIpc) is 2.52. The zero-order valence-corrected chi connectivity index (χ0v) is 13.9. The fraction of sp³-hybridized carbons (Fsp3) is 0.647. The Morgan fingerprint density at radius 2 is 1.96 bits per heavy atom. The van der Waals surface area contributed by atoms with E-state index < -0.39 is 5.60 Å². The number of rotatable bonds is 3. The smallest absolute Gasteiger partial charge is 0.254 e. The number of amides is 1. The highest BCUT2D eigenvalue weighted by molar-refractivity contribution is 6.03. The van der Waals surface area contributed by atoms with Crippen molar-refractivity contribution in [2.75, 3.05) is 23.8 Å². The SMILES string of the molecule is CNC(=O)c1cnc(N)c(N)c1NC1[C@@H]2CC3C[C@H]1CC(O)(C3)C2. The molecule has 1 aromatic heterocycles. The van der Waals surface area contributed by atoms with Crippen LogP contribution >= 0.6 is 0 Å². The number of nitrogens with zero attached hydrogens (tertiary/aromatic N) is 1. The van der Waals surface area contributed by atoms with Crippen molar-refractivity contribution in [3.05, 3.63) is 11.8 Å². The number of nitrogens with two attached hydrogens (primary N) is 2. The Kier molecular flexibility index (Phi) is 3.38. The summed E-state index contributed by atoms with van der Waals surface area (Å²) < 4.78 is 0. The van der Waals surface area contributed by atoms with Gasteiger partial charge in [-0.05, 0) is 49.9 Å². The van der Waals surface area contributed by atoms with E-state index in [1.807, 2.05) is 0 Å². The van der Waals surface area contributed by atoms with Gasteiger partial charge in [-0.15, -0.1) is 0 Å². The first-order valence-corrected chi connectivity index (χ1v) is 8.65. The standard InChI is InChI=1S/C17H25N5O2/c1-20-16(23)11-7-21-15(19)12(18)14(11)22-13-9-2-8-3-10(13)6-17(24,4-8)5-9/h7-10,13,24H,2-6,18H2,1H3,(H,20,23)(H3,19,21,22)/t8?,9-,10+,13?,17?. The van der Waals surface area contributed by atoms with Gasteiger partial charge >= 0.3 is 0 Å². The number of aromatic nitrogens is 1. The van der Waals surface area contributed by atoms with Crippen molar-refractivity contribution in [3.8, 4) is 0 Å². The molecule has 4 bridgehead atoms. The molecule has 0 spiro atoms. The summed E-state index contributed by atoms with van der Waals surface area (Å²) in [5.41, 5.74) is 12.8. The van der Waals surface area contributed by atoms with E-state index in [-0.39, 0.29) is 17.8 Å². The number of carbonyl (C=O) groups is 1. The van der Waals surface area contributed by atoms with E-state index in [9.17, 15) is 9.90 Å². The number of pyridine rings is 1. The van der Waals surface area contributed by atoms with Crippen molar-refractivity contribution in [2.24, 2.45) is 17.8 Å². The maximum Gasteiger partial charge on any atom is 0.254 e. The van der Waals surface area contributed by atoms with Crippen LogP contribution in [0.5, 0.6) is 0 Å². The Morgan fingerprint density at radius 1 is 1.29 bits per heavy atom. The fourth-order valence-electron chi connectivity index (χ4n) is 5.39. The number of hydrogen-bond donors (Lipinski definition) is 5. The van der Waals surface area contributed by atoms with E-state index in [0.717, 1.165) is 32.1 Å². The lowest BCUT2D eigenvalue weighted by Gasteiger charge is -2.58. The molecule has 4 aliphatic carbocycles. The van der Waals surface area contributed by atoms with Gasteiger partial charge in [0, 0.05) is 19.3 Å². The van der Waals surface area contributed by atoms with Crippen molar-refractivity contribution >= 4 is 23.1 Å². The quantitative estimate of drug-likeness (QED) is 0.561. The van der Waals surface area contributed by atoms with Crippen molar-refractivity contribution in [2.45, 2.75) is 43.7 Å². The van der Waals surface area contributed by atoms with Crippen LogP contribution in [-0.4, -0.2) is 34.7 Å². The minimum atomic E-state index is -0.485. The Hall–Kier alpha value is -2.02. The molecule has 1 heterocycles. The van der Waals surface area contributed by atoms with Crippen LogP contribution in [0.1, 0.15) is 42.5 Å². The highest BCUT2D eigenvalue weighted by Gasteiger charge is 2.54. The lowest BCUT2D eigenvalue weighted by atomic mass is 9.52. The van der Waals surface area contributed by atoms with E-state index in [0.29, 0.717) is 34.7 Å². The molecule has 3 unspecified atom stereocenters. The van der Waals surface area contributed by atoms with Gasteiger partial charge in [0.2, 0.25) is 0 Å². The number of hydrogen-bond acceptors (Lipinski definition) is 6. The normalized spacial score (nSPS) is 36.6. The van der Waals surface area contributed by atoms with E-state index in [1.165, 1.54) is 6.20 Å². The molecule has 0 radical (unpaired) electrons. The maximum absolute atomic E-state index is 12.2. The summed E-state index contributed by atoms with van der Waals surface area (Å²) in [6.07, 6.45) is 6.33. The molecule has 4 fully saturated rings. The van der Waals surface area contributed by atoms with E-state index >= 15 is 0 Å². The summed E-state index contributed by atoms with van der Waals surface area (Å²) in [5.74, 6) is 1.44. The molecule has 1 amide bonds. The molecule has 4 aliphatic rings. The molecule has 4 saturated carbocycles. The molecular weight excluding hydrogens is 306 g/mol. The van der Waals surface area contributed by atoms with Crippen LogP contribution in [0.2, 0.25) is 0 Å². The average molecular weight is 331 g/mol. The van der Waals surface area contributed by atoms with Crippen LogP contribution in [-0.2, 0) is 0 Å². The maximum atomic E-state index is 12.2. The number of nitrogen functional groups attached to an aromatic ring is 2. The lowest BCUT2D eigenvalue weighted by molar-refractivity contribution is -0.129. The zero-order valence-electron chi connectivity index (χ0n) is 13.9. The van der Waals surface area contributed by atoms with Gasteiger partial charge in [-0.1, -0.05) is 0 Å². The lowest BCUT2D eigenvalue weighted by Crippen LogP contribution is -2.59. The molecule has 7 N–H and O–H groups in total. The summed E-state index contributed by atoms with van der Waals surface area (Å²) in [5, 5.41) is 16.9. The topological polar surface area (TPSA) is 126 Å². The third-order valence-electron chi connectivity index (χ3n) is 6.17. The molecule has 5 atom stereocenters. The first-order valence-electron chi connectivity index (χ1n) is 8.65. The molecule has 7 heteroatoms. The molecule has 130 valence electrons. The summed E-state index contributed by atoms with van der Waals surface area (Å²) in [4.78, 5) is 16.2. The Balaban J connectivity index is 1.67. The monoisotopic (exact) mass is 331 g/mol. The minimum Gasteiger partial charge on any atom is -0.394 e. The van der Waals surface area contributed by atoms with Crippen LogP contribution in [0, 0.1) is 17.8 Å². The molecule has 5 rings (SSSR count). The number of nitrogens with one attached hydrogen (secondary N) is 2. The summed E-state index contributed by atoms with van der Waals surface area (Å²) in [6.45, 7) is 0. The van der Waals surface area contributed by atoms with Crippen molar-refractivity contribution in [3.63, 3.8) is 0 Å². The number of anilines is 3. The predicted molar refractivity (Wildman–Crippen MR) is 92.4 cm³/mol. The summed E-state index contributed by atoms with van der Waals surface area (Å²) in [6, 6.07) is 0.217. The highest BCUT2D eigenvalue weighted by atomic mass is 16.3. The molecule has 0 saturated heterocycles. The van der Waals surface area contributed by atoms with Gasteiger partial charge in [-0.25, -0.2) is 4.98 Å². The van der Waals surface area contributed by atoms with Crippen LogP contribution in [0.4, 0.5) is 17.2 Å². The fourth-order valence-corrected chi connectivity index (χ4v) is 5.39.